The summed E-state index contributed by atoms with van der Waals surface area (Å²) in [6.07, 6.45) is -7.84. The van der Waals surface area contributed by atoms with Crippen LogP contribution in [0.3, 0.4) is 0 Å². The maximum atomic E-state index is 12.0. The second-order valence-electron chi connectivity index (χ2n) is 2.25. The van der Waals surface area contributed by atoms with Gasteiger partial charge in [0, 0.05) is 0 Å². The van der Waals surface area contributed by atoms with E-state index in [1.807, 2.05) is 0 Å². The van der Waals surface area contributed by atoms with Gasteiger partial charge in [-0.25, -0.2) is 8.98 Å². The first-order chi connectivity index (χ1) is 6.08. The molecule has 0 radical (unpaired) electrons. The van der Waals surface area contributed by atoms with Crippen molar-refractivity contribution in [3.8, 4) is 0 Å². The first-order valence-corrected chi connectivity index (χ1v) is 4.92. The van der Waals surface area contributed by atoms with Gasteiger partial charge in [0.15, 0.2) is 0 Å². The van der Waals surface area contributed by atoms with E-state index in [0.29, 0.717) is 13.4 Å². The van der Waals surface area contributed by atoms with Crippen molar-refractivity contribution in [2.45, 2.75) is 12.3 Å². The molecule has 0 aromatic rings. The maximum Gasteiger partial charge on any atom is 0.427 e. The first-order valence-electron chi connectivity index (χ1n) is 3.10. The second kappa shape index (κ2) is 4.13. The molecule has 0 saturated heterocycles. The molecule has 0 N–H and O–H groups in total. The molecule has 1 unspecified atom stereocenters. The molecule has 84 valence electrons. The molecule has 9 heteroatoms. The SMILES string of the molecule is COC(=O)C(OS(C)(=O)=O)C(F)(F)F. The number of halogens is 3. The Hall–Kier alpha value is -0.830. The van der Waals surface area contributed by atoms with E-state index in [1.165, 1.54) is 0 Å². The number of carbonyl (C=O) groups is 1. The largest absolute Gasteiger partial charge is 0.467 e. The van der Waals surface area contributed by atoms with Crippen molar-refractivity contribution in [2.75, 3.05) is 13.4 Å². The van der Waals surface area contributed by atoms with Crippen LogP contribution < -0.4 is 0 Å². The van der Waals surface area contributed by atoms with Crippen LogP contribution in [0.15, 0.2) is 0 Å². The molecule has 0 saturated carbocycles. The molecular formula is C5H7F3O5S. The predicted molar refractivity (Wildman–Crippen MR) is 37.8 cm³/mol. The summed E-state index contributed by atoms with van der Waals surface area (Å²) in [5, 5.41) is 0. The van der Waals surface area contributed by atoms with Gasteiger partial charge in [0.2, 0.25) is 0 Å². The second-order valence-corrected chi connectivity index (χ2v) is 3.85. The average molecular weight is 236 g/mol. The van der Waals surface area contributed by atoms with E-state index in [0.717, 1.165) is 0 Å². The summed E-state index contributed by atoms with van der Waals surface area (Å²) in [4.78, 5) is 10.5. The Morgan fingerprint density at radius 2 is 1.79 bits per heavy atom. The Morgan fingerprint density at radius 3 is 2.00 bits per heavy atom. The summed E-state index contributed by atoms with van der Waals surface area (Å²) in [6, 6.07) is 0. The monoisotopic (exact) mass is 236 g/mol. The van der Waals surface area contributed by atoms with Crippen molar-refractivity contribution in [3.05, 3.63) is 0 Å². The Balaban J connectivity index is 4.85. The summed E-state index contributed by atoms with van der Waals surface area (Å²) in [5.41, 5.74) is 0. The lowest BCUT2D eigenvalue weighted by atomic mass is 10.3. The number of alkyl halides is 3. The van der Waals surface area contributed by atoms with Gasteiger partial charge in [-0.1, -0.05) is 0 Å². The van der Waals surface area contributed by atoms with E-state index in [-0.39, 0.29) is 0 Å². The highest BCUT2D eigenvalue weighted by molar-refractivity contribution is 7.86. The van der Waals surface area contributed by atoms with E-state index in [9.17, 15) is 26.4 Å². The minimum atomic E-state index is -5.13. The van der Waals surface area contributed by atoms with Crippen molar-refractivity contribution in [1.82, 2.24) is 0 Å². The van der Waals surface area contributed by atoms with Gasteiger partial charge >= 0.3 is 12.1 Å². The van der Waals surface area contributed by atoms with Crippen LogP contribution >= 0.6 is 0 Å². The summed E-state index contributed by atoms with van der Waals surface area (Å²) in [7, 11) is -3.70. The molecule has 5 nitrogen and oxygen atoms in total. The number of esters is 1. The molecule has 0 aliphatic heterocycles. The Kier molecular flexibility index (Phi) is 3.89. The van der Waals surface area contributed by atoms with E-state index in [4.69, 9.17) is 0 Å². The molecular weight excluding hydrogens is 229 g/mol. The number of rotatable bonds is 3. The van der Waals surface area contributed by atoms with Crippen molar-refractivity contribution in [2.24, 2.45) is 0 Å². The standard InChI is InChI=1S/C5H7F3O5S/c1-12-4(9)3(5(6,7)8)13-14(2,10)11/h3H,1-2H3. The van der Waals surface area contributed by atoms with Crippen molar-refractivity contribution < 1.29 is 35.3 Å². The molecule has 0 aliphatic rings. The Morgan fingerprint density at radius 1 is 1.36 bits per heavy atom. The zero-order chi connectivity index (χ0) is 11.6. The number of ether oxygens (including phenoxy) is 1. The molecule has 0 fully saturated rings. The molecule has 0 aliphatic carbocycles. The highest BCUT2D eigenvalue weighted by atomic mass is 32.2. The number of methoxy groups -OCH3 is 1. The quantitative estimate of drug-likeness (QED) is 0.512. The van der Waals surface area contributed by atoms with Gasteiger partial charge in [-0.05, 0) is 0 Å². The molecule has 0 heterocycles. The van der Waals surface area contributed by atoms with E-state index in [1.54, 1.807) is 0 Å². The fourth-order valence-corrected chi connectivity index (χ4v) is 1.05. The molecule has 0 bridgehead atoms. The van der Waals surface area contributed by atoms with E-state index < -0.39 is 28.4 Å². The summed E-state index contributed by atoms with van der Waals surface area (Å²) < 4.78 is 64.0. The Bertz CT molecular complexity index is 306. The predicted octanol–water partition coefficient (Wildman–Crippen LogP) is 0.0665. The molecule has 0 rings (SSSR count). The number of carbonyl (C=O) groups excluding carboxylic acids is 1. The topological polar surface area (TPSA) is 69.7 Å². The van der Waals surface area contributed by atoms with Gasteiger partial charge in [-0.15, -0.1) is 0 Å². The van der Waals surface area contributed by atoms with Crippen LogP contribution in [0.5, 0.6) is 0 Å². The van der Waals surface area contributed by atoms with Crippen LogP contribution in [-0.2, 0) is 23.8 Å². The first kappa shape index (κ1) is 13.2. The summed E-state index contributed by atoms with van der Waals surface area (Å²) >= 11 is 0. The van der Waals surface area contributed by atoms with Gasteiger partial charge in [0.25, 0.3) is 16.2 Å². The normalized spacial score (nSPS) is 14.9. The molecule has 1 atom stereocenters. The van der Waals surface area contributed by atoms with Gasteiger partial charge in [-0.3, -0.25) is 0 Å². The zero-order valence-electron chi connectivity index (χ0n) is 7.16. The van der Waals surface area contributed by atoms with Crippen LogP contribution in [0.1, 0.15) is 0 Å². The highest BCUT2D eigenvalue weighted by Gasteiger charge is 2.49. The number of hydrogen-bond acceptors (Lipinski definition) is 5. The van der Waals surface area contributed by atoms with Crippen molar-refractivity contribution in [1.29, 1.82) is 0 Å². The fourth-order valence-electron chi connectivity index (χ4n) is 0.509. The highest BCUT2D eigenvalue weighted by Crippen LogP contribution is 2.24. The van der Waals surface area contributed by atoms with Gasteiger partial charge < -0.3 is 4.74 Å². The van der Waals surface area contributed by atoms with Crippen LogP contribution in [0.2, 0.25) is 0 Å². The molecule has 0 aromatic heterocycles. The minimum absolute atomic E-state index is 0.397. The third-order valence-corrected chi connectivity index (χ3v) is 1.53. The minimum Gasteiger partial charge on any atom is -0.467 e. The lowest BCUT2D eigenvalue weighted by molar-refractivity contribution is -0.209. The lowest BCUT2D eigenvalue weighted by Crippen LogP contribution is -2.41. The summed E-state index contributed by atoms with van der Waals surface area (Å²) in [5.74, 6) is -1.82. The van der Waals surface area contributed by atoms with Crippen molar-refractivity contribution >= 4 is 16.1 Å². The average Bonchev–Trinajstić information content (AvgIpc) is 1.95. The van der Waals surface area contributed by atoms with Crippen LogP contribution in [0, 0.1) is 0 Å². The van der Waals surface area contributed by atoms with Crippen molar-refractivity contribution in [3.63, 3.8) is 0 Å². The van der Waals surface area contributed by atoms with E-state index >= 15 is 0 Å². The molecule has 14 heavy (non-hydrogen) atoms. The third-order valence-electron chi connectivity index (χ3n) is 0.984. The van der Waals surface area contributed by atoms with Crippen LogP contribution in [0.25, 0.3) is 0 Å². The maximum absolute atomic E-state index is 12.0. The molecule has 0 aromatic carbocycles. The smallest absolute Gasteiger partial charge is 0.427 e. The summed E-state index contributed by atoms with van der Waals surface area (Å²) in [6.45, 7) is 0. The Labute approximate surface area is 77.9 Å². The molecule has 0 spiro atoms. The third kappa shape index (κ3) is 4.42. The van der Waals surface area contributed by atoms with Gasteiger partial charge in [0.1, 0.15) is 0 Å². The lowest BCUT2D eigenvalue weighted by Gasteiger charge is -2.16. The van der Waals surface area contributed by atoms with E-state index in [2.05, 4.69) is 8.92 Å². The zero-order valence-corrected chi connectivity index (χ0v) is 7.98. The fraction of sp³-hybridized carbons (Fsp3) is 0.800. The van der Waals surface area contributed by atoms with Gasteiger partial charge in [-0.2, -0.15) is 21.6 Å². The van der Waals surface area contributed by atoms with Crippen LogP contribution in [-0.4, -0.2) is 40.0 Å². The number of hydrogen-bond donors (Lipinski definition) is 0. The molecule has 0 amide bonds. The van der Waals surface area contributed by atoms with Gasteiger partial charge in [0.05, 0.1) is 13.4 Å². The van der Waals surface area contributed by atoms with Crippen LogP contribution in [0.4, 0.5) is 13.2 Å².